The number of nitrogens with zero attached hydrogens (tertiary/aromatic N) is 2. The number of hydrogen-bond acceptors (Lipinski definition) is 3. The minimum Gasteiger partial charge on any atom is -0.537 e. The monoisotopic (exact) mass is 327 g/mol. The van der Waals surface area contributed by atoms with Crippen LogP contribution in [0.25, 0.3) is 27.5 Å². The molecule has 121 valence electrons. The highest BCUT2D eigenvalue weighted by molar-refractivity contribution is 6.18. The number of benzene rings is 2. The van der Waals surface area contributed by atoms with Gasteiger partial charge in [-0.15, -0.1) is 0 Å². The predicted octanol–water partition coefficient (Wildman–Crippen LogP) is 3.72. The normalized spacial score (nSPS) is 14.5. The standard InChI is InChI=1S/C20H16BN2O2/c1-20(2)15-5-3-4-6-18(15)23-17-7-8-22-11-14(17)13-9-12(25-21-24)10-16(20)19(13)23/h3-11,24H,1-2H3. The van der Waals surface area contributed by atoms with E-state index >= 15 is 0 Å². The molecule has 2 aromatic heterocycles. The molecule has 2 aromatic carbocycles. The molecule has 0 saturated carbocycles. The van der Waals surface area contributed by atoms with Gasteiger partial charge in [0.25, 0.3) is 0 Å². The Morgan fingerprint density at radius 2 is 1.92 bits per heavy atom. The molecule has 4 nitrogen and oxygen atoms in total. The number of hydrogen-bond donors (Lipinski definition) is 1. The molecule has 0 unspecified atom stereocenters. The number of pyridine rings is 1. The lowest BCUT2D eigenvalue weighted by Crippen LogP contribution is -2.26. The van der Waals surface area contributed by atoms with Crippen molar-refractivity contribution in [2.75, 3.05) is 0 Å². The summed E-state index contributed by atoms with van der Waals surface area (Å²) in [5.41, 5.74) is 5.77. The van der Waals surface area contributed by atoms with Crippen molar-refractivity contribution in [1.82, 2.24) is 9.55 Å². The van der Waals surface area contributed by atoms with Gasteiger partial charge in [-0.1, -0.05) is 32.0 Å². The topological polar surface area (TPSA) is 47.3 Å². The number of rotatable bonds is 2. The van der Waals surface area contributed by atoms with E-state index in [9.17, 15) is 0 Å². The van der Waals surface area contributed by atoms with E-state index in [1.807, 2.05) is 30.6 Å². The molecule has 0 spiro atoms. The zero-order valence-electron chi connectivity index (χ0n) is 14.0. The summed E-state index contributed by atoms with van der Waals surface area (Å²) in [5.74, 6) is 0.625. The maximum Gasteiger partial charge on any atom is 0.569 e. The molecule has 1 radical (unpaired) electrons. The van der Waals surface area contributed by atoms with Gasteiger partial charge in [-0.2, -0.15) is 0 Å². The molecule has 0 aliphatic carbocycles. The van der Waals surface area contributed by atoms with Crippen LogP contribution in [-0.4, -0.2) is 22.3 Å². The molecule has 5 rings (SSSR count). The number of aromatic nitrogens is 2. The fourth-order valence-electron chi connectivity index (χ4n) is 4.16. The molecular weight excluding hydrogens is 311 g/mol. The van der Waals surface area contributed by atoms with Crippen LogP contribution in [0.1, 0.15) is 25.0 Å². The van der Waals surface area contributed by atoms with Gasteiger partial charge in [0.05, 0.1) is 16.7 Å². The Bertz CT molecular complexity index is 1150. The van der Waals surface area contributed by atoms with Crippen molar-refractivity contribution < 1.29 is 9.68 Å². The molecule has 1 N–H and O–H groups in total. The van der Waals surface area contributed by atoms with Crippen LogP contribution in [0, 0.1) is 0 Å². The summed E-state index contributed by atoms with van der Waals surface area (Å²) in [4.78, 5) is 4.32. The van der Waals surface area contributed by atoms with Crippen molar-refractivity contribution in [2.45, 2.75) is 19.3 Å². The van der Waals surface area contributed by atoms with E-state index in [1.54, 1.807) is 0 Å². The Kier molecular flexibility index (Phi) is 2.83. The van der Waals surface area contributed by atoms with E-state index < -0.39 is 0 Å². The summed E-state index contributed by atoms with van der Waals surface area (Å²) in [5, 5.41) is 11.3. The average molecular weight is 327 g/mol. The third kappa shape index (κ3) is 1.79. The lowest BCUT2D eigenvalue weighted by Gasteiger charge is -2.34. The summed E-state index contributed by atoms with van der Waals surface area (Å²) in [6.45, 7) is 4.46. The van der Waals surface area contributed by atoms with Crippen molar-refractivity contribution in [2.24, 2.45) is 0 Å². The molecular formula is C20H16BN2O2. The first-order valence-corrected chi connectivity index (χ1v) is 8.28. The van der Waals surface area contributed by atoms with Crippen molar-refractivity contribution in [3.8, 4) is 11.4 Å². The highest BCUT2D eigenvalue weighted by Gasteiger charge is 2.35. The van der Waals surface area contributed by atoms with Crippen LogP contribution < -0.4 is 4.65 Å². The Balaban J connectivity index is 2.06. The van der Waals surface area contributed by atoms with Gasteiger partial charge in [-0.05, 0) is 35.4 Å². The van der Waals surface area contributed by atoms with Gasteiger partial charge in [-0.3, -0.25) is 4.98 Å². The van der Waals surface area contributed by atoms with Crippen LogP contribution in [0.15, 0.2) is 54.9 Å². The third-order valence-corrected chi connectivity index (χ3v) is 5.32. The Labute approximate surface area is 146 Å². The Morgan fingerprint density at radius 1 is 1.08 bits per heavy atom. The van der Waals surface area contributed by atoms with Gasteiger partial charge in [-0.25, -0.2) is 0 Å². The summed E-state index contributed by atoms with van der Waals surface area (Å²) in [7, 11) is 0.731. The zero-order valence-corrected chi connectivity index (χ0v) is 14.0. The quantitative estimate of drug-likeness (QED) is 0.571. The third-order valence-electron chi connectivity index (χ3n) is 5.32. The van der Waals surface area contributed by atoms with Crippen molar-refractivity contribution in [1.29, 1.82) is 0 Å². The van der Waals surface area contributed by atoms with E-state index in [0.29, 0.717) is 5.75 Å². The molecule has 25 heavy (non-hydrogen) atoms. The van der Waals surface area contributed by atoms with Crippen LogP contribution in [-0.2, 0) is 5.41 Å². The predicted molar refractivity (Wildman–Crippen MR) is 99.3 cm³/mol. The van der Waals surface area contributed by atoms with E-state index in [2.05, 4.69) is 47.7 Å². The first-order chi connectivity index (χ1) is 12.1. The number of fused-ring (bicyclic) bond motifs is 5. The molecule has 0 bridgehead atoms. The maximum absolute atomic E-state index is 9.11. The lowest BCUT2D eigenvalue weighted by molar-refractivity contribution is 0.453. The number of para-hydroxylation sites is 1. The second-order valence-electron chi connectivity index (χ2n) is 6.96. The van der Waals surface area contributed by atoms with Crippen molar-refractivity contribution in [3.63, 3.8) is 0 Å². The first-order valence-electron chi connectivity index (χ1n) is 8.28. The summed E-state index contributed by atoms with van der Waals surface area (Å²) in [6, 6.07) is 14.6. The molecule has 0 saturated heterocycles. The molecule has 0 fully saturated rings. The van der Waals surface area contributed by atoms with Crippen LogP contribution in [0.3, 0.4) is 0 Å². The smallest absolute Gasteiger partial charge is 0.537 e. The molecule has 1 aliphatic rings. The fraction of sp³-hybridized carbons (Fsp3) is 0.150. The summed E-state index contributed by atoms with van der Waals surface area (Å²) in [6.07, 6.45) is 3.72. The largest absolute Gasteiger partial charge is 0.569 e. The minimum atomic E-state index is -0.179. The molecule has 0 amide bonds. The first kappa shape index (κ1) is 14.5. The summed E-state index contributed by atoms with van der Waals surface area (Å²) < 4.78 is 7.64. The molecule has 3 heterocycles. The van der Waals surface area contributed by atoms with Gasteiger partial charge in [0, 0.05) is 28.6 Å². The van der Waals surface area contributed by atoms with Crippen LogP contribution in [0.5, 0.6) is 5.75 Å². The van der Waals surface area contributed by atoms with Crippen molar-refractivity contribution in [3.05, 3.63) is 66.0 Å². The lowest BCUT2D eigenvalue weighted by atomic mass is 9.74. The van der Waals surface area contributed by atoms with Gasteiger partial charge in [0.2, 0.25) is 0 Å². The van der Waals surface area contributed by atoms with Gasteiger partial charge < -0.3 is 14.2 Å². The SMILES string of the molecule is CC1(C)c2ccccc2-n2c3ccncc3c3cc(O[B]O)cc1c32. The zero-order chi connectivity index (χ0) is 17.2. The van der Waals surface area contributed by atoms with Crippen LogP contribution >= 0.6 is 0 Å². The van der Waals surface area contributed by atoms with Gasteiger partial charge >= 0.3 is 7.69 Å². The Hall–Kier alpha value is -2.79. The minimum absolute atomic E-state index is 0.179. The van der Waals surface area contributed by atoms with Crippen molar-refractivity contribution >= 4 is 29.5 Å². The fourth-order valence-corrected chi connectivity index (χ4v) is 4.16. The second kappa shape index (κ2) is 4.86. The van der Waals surface area contributed by atoms with E-state index in [4.69, 9.17) is 9.68 Å². The molecule has 5 heteroatoms. The summed E-state index contributed by atoms with van der Waals surface area (Å²) >= 11 is 0. The van der Waals surface area contributed by atoms with Gasteiger partial charge in [0.1, 0.15) is 5.75 Å². The highest BCUT2D eigenvalue weighted by Crippen LogP contribution is 2.48. The van der Waals surface area contributed by atoms with E-state index in [-0.39, 0.29) is 5.41 Å². The van der Waals surface area contributed by atoms with Gasteiger partial charge in [0.15, 0.2) is 0 Å². The van der Waals surface area contributed by atoms with E-state index in [1.165, 1.54) is 22.3 Å². The van der Waals surface area contributed by atoms with Crippen LogP contribution in [0.4, 0.5) is 0 Å². The average Bonchev–Trinajstić information content (AvgIpc) is 2.95. The molecule has 0 atom stereocenters. The maximum atomic E-state index is 9.11. The highest BCUT2D eigenvalue weighted by atomic mass is 16.5. The molecule has 4 aromatic rings. The van der Waals surface area contributed by atoms with Crippen LogP contribution in [0.2, 0.25) is 0 Å². The second-order valence-corrected chi connectivity index (χ2v) is 6.96. The molecule has 1 aliphatic heterocycles. The van der Waals surface area contributed by atoms with E-state index in [0.717, 1.165) is 24.0 Å². The Morgan fingerprint density at radius 3 is 2.76 bits per heavy atom.